The summed E-state index contributed by atoms with van der Waals surface area (Å²) in [6.45, 7) is 2.00. The zero-order valence-electron chi connectivity index (χ0n) is 15.1. The average Bonchev–Trinajstić information content (AvgIpc) is 2.69. The third kappa shape index (κ3) is 5.55. The van der Waals surface area contributed by atoms with Crippen molar-refractivity contribution in [2.24, 2.45) is 4.99 Å². The molecule has 0 unspecified atom stereocenters. The highest BCUT2D eigenvalue weighted by Gasteiger charge is 2.22. The molecule has 0 bridgehead atoms. The molecule has 0 saturated heterocycles. The molecule has 0 heterocycles. The minimum Gasteiger partial charge on any atom is -0.469 e. The minimum absolute atomic E-state index is 0.0976. The predicted molar refractivity (Wildman–Crippen MR) is 100 cm³/mol. The number of carbonyl (C=O) groups is 2. The van der Waals surface area contributed by atoms with E-state index in [9.17, 15) is 9.59 Å². The highest BCUT2D eigenvalue weighted by atomic mass is 16.5. The van der Waals surface area contributed by atoms with Crippen molar-refractivity contribution < 1.29 is 19.1 Å². The Morgan fingerprint density at radius 3 is 1.96 bits per heavy atom. The molecule has 0 saturated carbocycles. The van der Waals surface area contributed by atoms with Crippen LogP contribution in [0.25, 0.3) is 0 Å². The van der Waals surface area contributed by atoms with Gasteiger partial charge in [0.2, 0.25) is 0 Å². The first-order valence-corrected chi connectivity index (χ1v) is 8.57. The molecule has 2 aromatic carbocycles. The third-order valence-electron chi connectivity index (χ3n) is 3.79. The van der Waals surface area contributed by atoms with Crippen LogP contribution < -0.4 is 0 Å². The number of benzene rings is 2. The molecule has 0 aliphatic rings. The van der Waals surface area contributed by atoms with Gasteiger partial charge >= 0.3 is 11.9 Å². The van der Waals surface area contributed by atoms with Crippen molar-refractivity contribution in [1.29, 1.82) is 0 Å². The number of carbonyl (C=O) groups excluding carboxylic acids is 2. The fraction of sp³-hybridized carbons (Fsp3) is 0.286. The van der Waals surface area contributed by atoms with Crippen molar-refractivity contribution in [2.45, 2.75) is 25.8 Å². The topological polar surface area (TPSA) is 65.0 Å². The molecule has 5 nitrogen and oxygen atoms in total. The first-order valence-electron chi connectivity index (χ1n) is 8.57. The predicted octanol–water partition coefficient (Wildman–Crippen LogP) is 3.41. The smallest absolute Gasteiger partial charge is 0.330 e. The normalized spacial score (nSPS) is 11.3. The van der Waals surface area contributed by atoms with E-state index in [1.807, 2.05) is 60.7 Å². The van der Waals surface area contributed by atoms with Gasteiger partial charge in [0, 0.05) is 17.5 Å². The number of esters is 2. The van der Waals surface area contributed by atoms with Crippen molar-refractivity contribution in [3.05, 3.63) is 71.8 Å². The Hall–Kier alpha value is -2.95. The van der Waals surface area contributed by atoms with Gasteiger partial charge in [0.15, 0.2) is 0 Å². The standard InChI is InChI=1S/C21H23NO4/c1-3-26-21(24)18(14-15-19(23)25-2)22-20(16-10-6-4-7-11-16)17-12-8-5-9-13-17/h4-13,18H,3,14-15H2,1-2H3/t18-/m0/s1. The van der Waals surface area contributed by atoms with Gasteiger partial charge in [-0.1, -0.05) is 60.7 Å². The molecule has 5 heteroatoms. The maximum absolute atomic E-state index is 12.4. The summed E-state index contributed by atoms with van der Waals surface area (Å²) in [4.78, 5) is 28.5. The Bertz CT molecular complexity index is 700. The zero-order chi connectivity index (χ0) is 18.8. The van der Waals surface area contributed by atoms with E-state index in [4.69, 9.17) is 4.74 Å². The molecular weight excluding hydrogens is 330 g/mol. The zero-order valence-corrected chi connectivity index (χ0v) is 15.1. The lowest BCUT2D eigenvalue weighted by Gasteiger charge is -2.15. The minimum atomic E-state index is -0.774. The van der Waals surface area contributed by atoms with Gasteiger partial charge in [0.25, 0.3) is 0 Å². The molecule has 0 amide bonds. The van der Waals surface area contributed by atoms with Crippen molar-refractivity contribution in [1.82, 2.24) is 0 Å². The molecule has 0 aliphatic heterocycles. The number of hydrogen-bond donors (Lipinski definition) is 0. The Labute approximate surface area is 153 Å². The summed E-state index contributed by atoms with van der Waals surface area (Å²) >= 11 is 0. The average molecular weight is 353 g/mol. The van der Waals surface area contributed by atoms with E-state index in [-0.39, 0.29) is 25.4 Å². The lowest BCUT2D eigenvalue weighted by atomic mass is 10.0. The van der Waals surface area contributed by atoms with Crippen LogP contribution in [-0.4, -0.2) is 37.4 Å². The van der Waals surface area contributed by atoms with Gasteiger partial charge in [-0.3, -0.25) is 9.79 Å². The SMILES string of the molecule is CCOC(=O)[C@H](CCC(=O)OC)N=C(c1ccccc1)c1ccccc1. The second-order valence-corrected chi connectivity index (χ2v) is 5.59. The van der Waals surface area contributed by atoms with Crippen molar-refractivity contribution >= 4 is 17.7 Å². The summed E-state index contributed by atoms with van der Waals surface area (Å²) in [6, 6.07) is 18.5. The van der Waals surface area contributed by atoms with Crippen LogP contribution in [0.3, 0.4) is 0 Å². The molecule has 0 aromatic heterocycles. The van der Waals surface area contributed by atoms with E-state index in [1.165, 1.54) is 7.11 Å². The van der Waals surface area contributed by atoms with Crippen LogP contribution in [0.4, 0.5) is 0 Å². The monoisotopic (exact) mass is 353 g/mol. The van der Waals surface area contributed by atoms with Crippen LogP contribution in [0, 0.1) is 0 Å². The molecule has 136 valence electrons. The van der Waals surface area contributed by atoms with Crippen LogP contribution in [0.15, 0.2) is 65.7 Å². The van der Waals surface area contributed by atoms with Gasteiger partial charge in [-0.2, -0.15) is 0 Å². The molecule has 26 heavy (non-hydrogen) atoms. The number of nitrogens with zero attached hydrogens (tertiary/aromatic N) is 1. The van der Waals surface area contributed by atoms with Crippen LogP contribution >= 0.6 is 0 Å². The van der Waals surface area contributed by atoms with E-state index < -0.39 is 12.0 Å². The second-order valence-electron chi connectivity index (χ2n) is 5.59. The van der Waals surface area contributed by atoms with Crippen molar-refractivity contribution in [3.8, 4) is 0 Å². The van der Waals surface area contributed by atoms with Crippen LogP contribution in [0.5, 0.6) is 0 Å². The van der Waals surface area contributed by atoms with E-state index in [1.54, 1.807) is 6.92 Å². The number of methoxy groups -OCH3 is 1. The fourth-order valence-corrected chi connectivity index (χ4v) is 2.49. The van der Waals surface area contributed by atoms with Gasteiger partial charge in [0.05, 0.1) is 19.4 Å². The molecule has 2 rings (SSSR count). The lowest BCUT2D eigenvalue weighted by molar-refractivity contribution is -0.145. The molecular formula is C21H23NO4. The van der Waals surface area contributed by atoms with Gasteiger partial charge < -0.3 is 9.47 Å². The Balaban J connectivity index is 2.41. The third-order valence-corrected chi connectivity index (χ3v) is 3.79. The van der Waals surface area contributed by atoms with E-state index >= 15 is 0 Å². The summed E-state index contributed by atoms with van der Waals surface area (Å²) in [5.41, 5.74) is 2.48. The number of aliphatic imine (C=N–C) groups is 1. The number of ether oxygens (including phenoxy) is 2. The maximum atomic E-state index is 12.4. The summed E-state index contributed by atoms with van der Waals surface area (Å²) in [5.74, 6) is -0.823. The second kappa shape index (κ2) is 10.1. The van der Waals surface area contributed by atoms with E-state index in [0.29, 0.717) is 5.71 Å². The molecule has 0 fully saturated rings. The summed E-state index contributed by atoms with van der Waals surface area (Å²) in [6.07, 6.45) is 0.328. The van der Waals surface area contributed by atoms with Gasteiger partial charge in [0.1, 0.15) is 6.04 Å². The van der Waals surface area contributed by atoms with E-state index in [0.717, 1.165) is 11.1 Å². The first kappa shape index (κ1) is 19.4. The largest absolute Gasteiger partial charge is 0.469 e. The molecule has 0 N–H and O–H groups in total. The molecule has 0 aliphatic carbocycles. The summed E-state index contributed by atoms with van der Waals surface area (Å²) in [7, 11) is 1.32. The summed E-state index contributed by atoms with van der Waals surface area (Å²) in [5, 5.41) is 0. The highest BCUT2D eigenvalue weighted by molar-refractivity contribution is 6.13. The quantitative estimate of drug-likeness (QED) is 0.539. The number of hydrogen-bond acceptors (Lipinski definition) is 5. The van der Waals surface area contributed by atoms with Gasteiger partial charge in [-0.25, -0.2) is 4.79 Å². The van der Waals surface area contributed by atoms with Gasteiger partial charge in [-0.05, 0) is 13.3 Å². The summed E-state index contributed by atoms with van der Waals surface area (Å²) < 4.78 is 9.82. The van der Waals surface area contributed by atoms with E-state index in [2.05, 4.69) is 9.73 Å². The maximum Gasteiger partial charge on any atom is 0.330 e. The Kier molecular flexibility index (Phi) is 7.55. The van der Waals surface area contributed by atoms with Crippen LogP contribution in [0.2, 0.25) is 0 Å². The molecule has 1 atom stereocenters. The fourth-order valence-electron chi connectivity index (χ4n) is 2.49. The molecule has 2 aromatic rings. The molecule has 0 radical (unpaired) electrons. The highest BCUT2D eigenvalue weighted by Crippen LogP contribution is 2.15. The Morgan fingerprint density at radius 2 is 1.50 bits per heavy atom. The number of rotatable bonds is 8. The van der Waals surface area contributed by atoms with Gasteiger partial charge in [-0.15, -0.1) is 0 Å². The molecule has 0 spiro atoms. The van der Waals surface area contributed by atoms with Crippen LogP contribution in [0.1, 0.15) is 30.9 Å². The Morgan fingerprint density at radius 1 is 0.962 bits per heavy atom. The van der Waals surface area contributed by atoms with Crippen molar-refractivity contribution in [3.63, 3.8) is 0 Å². The first-order chi connectivity index (χ1) is 12.7. The van der Waals surface area contributed by atoms with Crippen molar-refractivity contribution in [2.75, 3.05) is 13.7 Å². The van der Waals surface area contributed by atoms with Crippen LogP contribution in [-0.2, 0) is 19.1 Å². The lowest BCUT2D eigenvalue weighted by Crippen LogP contribution is -2.25.